The topological polar surface area (TPSA) is 62.2 Å². The van der Waals surface area contributed by atoms with Crippen LogP contribution in [-0.4, -0.2) is 16.1 Å². The van der Waals surface area contributed by atoms with Crippen LogP contribution in [0, 0.1) is 0 Å². The number of aromatic nitrogens is 1. The lowest BCUT2D eigenvalue weighted by atomic mass is 10.2. The average molecular weight is 302 g/mol. The third kappa shape index (κ3) is 3.27. The first kappa shape index (κ1) is 14.3. The molecule has 0 spiro atoms. The van der Waals surface area contributed by atoms with Crippen molar-refractivity contribution in [2.75, 3.05) is 5.32 Å². The fourth-order valence-electron chi connectivity index (χ4n) is 1.53. The highest BCUT2D eigenvalue weighted by atomic mass is 32.1. The molecule has 0 unspecified atom stereocenters. The molecule has 0 aliphatic carbocycles. The molecule has 0 amide bonds. The molecule has 0 fully saturated rings. The van der Waals surface area contributed by atoms with Crippen LogP contribution in [-0.2, 0) is 12.7 Å². The Morgan fingerprint density at radius 2 is 2.10 bits per heavy atom. The highest BCUT2D eigenvalue weighted by Gasteiger charge is 2.32. The van der Waals surface area contributed by atoms with Gasteiger partial charge in [-0.15, -0.1) is 11.3 Å². The Hall–Kier alpha value is -2.09. The summed E-state index contributed by atoms with van der Waals surface area (Å²) in [5.74, 6) is -1.13. The monoisotopic (exact) mass is 302 g/mol. The van der Waals surface area contributed by atoms with E-state index in [4.69, 9.17) is 5.11 Å². The molecule has 0 bridgehead atoms. The SMILES string of the molecule is O=C(O)c1ccncc1NCc1ccc(C(F)(F)F)s1. The number of anilines is 1. The van der Waals surface area contributed by atoms with Crippen LogP contribution in [0.5, 0.6) is 0 Å². The van der Waals surface area contributed by atoms with Crippen molar-refractivity contribution in [2.24, 2.45) is 0 Å². The van der Waals surface area contributed by atoms with E-state index in [2.05, 4.69) is 10.3 Å². The van der Waals surface area contributed by atoms with Gasteiger partial charge in [0.1, 0.15) is 4.88 Å². The summed E-state index contributed by atoms with van der Waals surface area (Å²) in [6.45, 7) is 0.104. The summed E-state index contributed by atoms with van der Waals surface area (Å²) in [4.78, 5) is 14.5. The summed E-state index contributed by atoms with van der Waals surface area (Å²) >= 11 is 0.618. The molecule has 0 aliphatic rings. The van der Waals surface area contributed by atoms with Crippen LogP contribution in [0.1, 0.15) is 20.1 Å². The Morgan fingerprint density at radius 1 is 1.35 bits per heavy atom. The minimum atomic E-state index is -4.36. The fourth-order valence-corrected chi connectivity index (χ4v) is 2.34. The smallest absolute Gasteiger partial charge is 0.425 e. The molecule has 106 valence electrons. The van der Waals surface area contributed by atoms with Gasteiger partial charge in [-0.25, -0.2) is 4.79 Å². The van der Waals surface area contributed by atoms with E-state index in [1.54, 1.807) is 0 Å². The molecule has 0 saturated carbocycles. The molecular formula is C12H9F3N2O2S. The fraction of sp³-hybridized carbons (Fsp3) is 0.167. The van der Waals surface area contributed by atoms with Crippen LogP contribution < -0.4 is 5.32 Å². The average Bonchev–Trinajstić information content (AvgIpc) is 2.85. The lowest BCUT2D eigenvalue weighted by Gasteiger charge is -2.07. The molecule has 2 rings (SSSR count). The van der Waals surface area contributed by atoms with E-state index in [-0.39, 0.29) is 17.8 Å². The van der Waals surface area contributed by atoms with Crippen LogP contribution in [0.2, 0.25) is 0 Å². The summed E-state index contributed by atoms with van der Waals surface area (Å²) in [7, 11) is 0. The predicted octanol–water partition coefficient (Wildman–Crippen LogP) is 3.47. The number of hydrogen-bond acceptors (Lipinski definition) is 4. The molecule has 20 heavy (non-hydrogen) atoms. The number of carboxylic acid groups (broad SMARTS) is 1. The minimum absolute atomic E-state index is 0.0209. The van der Waals surface area contributed by atoms with E-state index in [0.717, 1.165) is 6.07 Å². The largest absolute Gasteiger partial charge is 0.478 e. The van der Waals surface area contributed by atoms with Crippen LogP contribution >= 0.6 is 11.3 Å². The first-order valence-electron chi connectivity index (χ1n) is 5.45. The molecule has 2 N–H and O–H groups in total. The number of aromatic carboxylic acids is 1. The van der Waals surface area contributed by atoms with E-state index < -0.39 is 17.0 Å². The Labute approximate surface area is 115 Å². The number of nitrogens with one attached hydrogen (secondary N) is 1. The van der Waals surface area contributed by atoms with Crippen molar-refractivity contribution < 1.29 is 23.1 Å². The maximum Gasteiger partial charge on any atom is 0.425 e. The third-order valence-electron chi connectivity index (χ3n) is 2.45. The van der Waals surface area contributed by atoms with E-state index >= 15 is 0 Å². The molecule has 4 nitrogen and oxygen atoms in total. The number of nitrogens with zero attached hydrogens (tertiary/aromatic N) is 1. The van der Waals surface area contributed by atoms with Crippen molar-refractivity contribution in [2.45, 2.75) is 12.7 Å². The maximum absolute atomic E-state index is 12.4. The summed E-state index contributed by atoms with van der Waals surface area (Å²) in [5.41, 5.74) is 0.287. The van der Waals surface area contributed by atoms with Gasteiger partial charge in [0.05, 0.1) is 17.4 Å². The number of pyridine rings is 1. The summed E-state index contributed by atoms with van der Waals surface area (Å²) in [5, 5.41) is 11.7. The second-order valence-electron chi connectivity index (χ2n) is 3.84. The highest BCUT2D eigenvalue weighted by molar-refractivity contribution is 7.12. The van der Waals surface area contributed by atoms with Gasteiger partial charge in [0.15, 0.2) is 0 Å². The molecule has 0 aromatic carbocycles. The van der Waals surface area contributed by atoms with Gasteiger partial charge in [-0.1, -0.05) is 0 Å². The van der Waals surface area contributed by atoms with Crippen molar-refractivity contribution in [3.8, 4) is 0 Å². The maximum atomic E-state index is 12.4. The summed E-state index contributed by atoms with van der Waals surface area (Å²) < 4.78 is 37.3. The van der Waals surface area contributed by atoms with E-state index in [0.29, 0.717) is 16.2 Å². The van der Waals surface area contributed by atoms with Gasteiger partial charge >= 0.3 is 12.1 Å². The minimum Gasteiger partial charge on any atom is -0.478 e. The molecule has 8 heteroatoms. The number of hydrogen-bond donors (Lipinski definition) is 2. The van der Waals surface area contributed by atoms with Crippen LogP contribution in [0.3, 0.4) is 0 Å². The second kappa shape index (κ2) is 5.49. The van der Waals surface area contributed by atoms with E-state index in [1.165, 1.54) is 24.5 Å². The molecule has 2 aromatic rings. The zero-order valence-electron chi connectivity index (χ0n) is 9.94. The first-order chi connectivity index (χ1) is 9.38. The number of carbonyl (C=O) groups is 1. The molecule has 0 atom stereocenters. The van der Waals surface area contributed by atoms with Gasteiger partial charge in [-0.05, 0) is 18.2 Å². The number of carboxylic acids is 1. The number of alkyl halides is 3. The number of thiophene rings is 1. The zero-order valence-corrected chi connectivity index (χ0v) is 10.8. The van der Waals surface area contributed by atoms with Crippen molar-refractivity contribution in [1.82, 2.24) is 4.98 Å². The van der Waals surface area contributed by atoms with E-state index in [1.807, 2.05) is 0 Å². The molecule has 2 aromatic heterocycles. The normalized spacial score (nSPS) is 11.3. The molecule has 0 radical (unpaired) electrons. The van der Waals surface area contributed by atoms with Crippen LogP contribution in [0.4, 0.5) is 18.9 Å². The standard InChI is InChI=1S/C12H9F3N2O2S/c13-12(14,15)10-2-1-7(20-10)5-17-9-6-16-4-3-8(9)11(18)19/h1-4,6,17H,5H2,(H,18,19). The molecule has 2 heterocycles. The summed E-state index contributed by atoms with van der Waals surface area (Å²) in [6.07, 6.45) is -1.70. The highest BCUT2D eigenvalue weighted by Crippen LogP contribution is 2.34. The van der Waals surface area contributed by atoms with Crippen molar-refractivity contribution in [3.63, 3.8) is 0 Å². The summed E-state index contributed by atoms with van der Waals surface area (Å²) in [6, 6.07) is 3.68. The van der Waals surface area contributed by atoms with Gasteiger partial charge in [-0.3, -0.25) is 4.98 Å². The molecular weight excluding hydrogens is 293 g/mol. The Bertz CT molecular complexity index is 625. The van der Waals surface area contributed by atoms with Gasteiger partial charge in [-0.2, -0.15) is 13.2 Å². The Balaban J connectivity index is 2.10. The van der Waals surface area contributed by atoms with Gasteiger partial charge in [0.2, 0.25) is 0 Å². The van der Waals surface area contributed by atoms with Crippen molar-refractivity contribution in [1.29, 1.82) is 0 Å². The second-order valence-corrected chi connectivity index (χ2v) is 5.01. The van der Waals surface area contributed by atoms with Crippen LogP contribution in [0.15, 0.2) is 30.6 Å². The Kier molecular flexibility index (Phi) is 3.93. The lowest BCUT2D eigenvalue weighted by molar-refractivity contribution is -0.134. The van der Waals surface area contributed by atoms with Gasteiger partial charge in [0.25, 0.3) is 0 Å². The van der Waals surface area contributed by atoms with Crippen LogP contribution in [0.25, 0.3) is 0 Å². The van der Waals surface area contributed by atoms with E-state index in [9.17, 15) is 18.0 Å². The van der Waals surface area contributed by atoms with Crippen molar-refractivity contribution >= 4 is 23.0 Å². The molecule has 0 saturated heterocycles. The van der Waals surface area contributed by atoms with Gasteiger partial charge < -0.3 is 10.4 Å². The molecule has 0 aliphatic heterocycles. The zero-order chi connectivity index (χ0) is 14.8. The third-order valence-corrected chi connectivity index (χ3v) is 3.58. The first-order valence-corrected chi connectivity index (χ1v) is 6.26. The lowest BCUT2D eigenvalue weighted by Crippen LogP contribution is -2.06. The Morgan fingerprint density at radius 3 is 2.70 bits per heavy atom. The van der Waals surface area contributed by atoms with Gasteiger partial charge in [0, 0.05) is 17.6 Å². The number of halogens is 3. The predicted molar refractivity (Wildman–Crippen MR) is 67.8 cm³/mol. The number of rotatable bonds is 4. The van der Waals surface area contributed by atoms with Crippen molar-refractivity contribution in [3.05, 3.63) is 45.9 Å². The quantitative estimate of drug-likeness (QED) is 0.907.